The third-order valence-electron chi connectivity index (χ3n) is 2.39. The van der Waals surface area contributed by atoms with E-state index in [1.54, 1.807) is 11.3 Å². The molecule has 2 heterocycles. The zero-order valence-electron chi connectivity index (χ0n) is 8.31. The molecule has 0 bridgehead atoms. The molecule has 1 aromatic carbocycles. The van der Waals surface area contributed by atoms with Crippen molar-refractivity contribution in [3.8, 4) is 10.6 Å². The normalized spacial score (nSPS) is 10.8. The van der Waals surface area contributed by atoms with E-state index in [4.69, 9.17) is 0 Å². The van der Waals surface area contributed by atoms with Crippen molar-refractivity contribution in [2.24, 2.45) is 0 Å². The van der Waals surface area contributed by atoms with Crippen molar-refractivity contribution in [2.75, 3.05) is 0 Å². The molecule has 0 saturated heterocycles. The van der Waals surface area contributed by atoms with Crippen molar-refractivity contribution >= 4 is 22.2 Å². The topological polar surface area (TPSA) is 45.8 Å². The van der Waals surface area contributed by atoms with Crippen molar-refractivity contribution in [3.63, 3.8) is 0 Å². The highest BCUT2D eigenvalue weighted by atomic mass is 32.1. The molecule has 0 aliphatic heterocycles. The van der Waals surface area contributed by atoms with E-state index in [1.165, 1.54) is 0 Å². The summed E-state index contributed by atoms with van der Waals surface area (Å²) in [6.07, 6.45) is 0. The third kappa shape index (κ3) is 1.44. The average molecular weight is 228 g/mol. The van der Waals surface area contributed by atoms with Crippen molar-refractivity contribution < 1.29 is 0 Å². The fourth-order valence-corrected chi connectivity index (χ4v) is 2.43. The predicted molar refractivity (Wildman–Crippen MR) is 65.7 cm³/mol. The predicted octanol–water partition coefficient (Wildman–Crippen LogP) is 2.65. The van der Waals surface area contributed by atoms with Crippen LogP contribution in [0, 0.1) is 0 Å². The fourth-order valence-electron chi connectivity index (χ4n) is 1.70. The summed E-state index contributed by atoms with van der Waals surface area (Å²) in [4.78, 5) is 19.2. The van der Waals surface area contributed by atoms with Gasteiger partial charge in [-0.1, -0.05) is 24.3 Å². The molecule has 0 aliphatic carbocycles. The van der Waals surface area contributed by atoms with E-state index in [-0.39, 0.29) is 5.69 Å². The molecule has 78 valence electrons. The first-order valence-electron chi connectivity index (χ1n) is 4.87. The highest BCUT2D eigenvalue weighted by Crippen LogP contribution is 2.27. The van der Waals surface area contributed by atoms with E-state index >= 15 is 0 Å². The number of hydrogen-bond acceptors (Lipinski definition) is 3. The van der Waals surface area contributed by atoms with Gasteiger partial charge in [-0.3, -0.25) is 0 Å². The summed E-state index contributed by atoms with van der Waals surface area (Å²) in [5.41, 5.74) is 1.28. The van der Waals surface area contributed by atoms with Crippen LogP contribution in [-0.4, -0.2) is 9.97 Å². The summed E-state index contributed by atoms with van der Waals surface area (Å²) in [5, 5.41) is 2.96. The van der Waals surface area contributed by atoms with Gasteiger partial charge in [-0.25, -0.2) is 4.79 Å². The third-order valence-corrected chi connectivity index (χ3v) is 3.27. The first-order valence-corrected chi connectivity index (χ1v) is 5.75. The first-order chi connectivity index (χ1) is 7.84. The number of aromatic nitrogens is 2. The number of nitrogens with one attached hydrogen (secondary N) is 1. The van der Waals surface area contributed by atoms with E-state index in [2.05, 4.69) is 9.97 Å². The van der Waals surface area contributed by atoms with Crippen LogP contribution in [0.4, 0.5) is 0 Å². The van der Waals surface area contributed by atoms with E-state index in [0.29, 0.717) is 0 Å². The van der Waals surface area contributed by atoms with Gasteiger partial charge in [-0.2, -0.15) is 4.98 Å². The molecule has 3 aromatic rings. The maximum absolute atomic E-state index is 11.4. The zero-order valence-corrected chi connectivity index (χ0v) is 9.12. The summed E-state index contributed by atoms with van der Waals surface area (Å²) >= 11 is 1.58. The standard InChI is InChI=1S/C12H8N2OS/c15-12-13-9-5-2-1-4-8(9)11(14-12)10-6-3-7-16-10/h1-7H,(H,13,14,15). The van der Waals surface area contributed by atoms with Crippen LogP contribution >= 0.6 is 11.3 Å². The number of fused-ring (bicyclic) bond motifs is 1. The molecule has 16 heavy (non-hydrogen) atoms. The van der Waals surface area contributed by atoms with E-state index in [1.807, 2.05) is 41.8 Å². The number of aromatic amines is 1. The van der Waals surface area contributed by atoms with E-state index in [0.717, 1.165) is 21.5 Å². The van der Waals surface area contributed by atoms with Gasteiger partial charge in [-0.05, 0) is 17.5 Å². The molecular formula is C12H8N2OS. The minimum absolute atomic E-state index is 0.304. The summed E-state index contributed by atoms with van der Waals surface area (Å²) < 4.78 is 0. The molecular weight excluding hydrogens is 220 g/mol. The molecule has 3 nitrogen and oxygen atoms in total. The maximum Gasteiger partial charge on any atom is 0.346 e. The highest BCUT2D eigenvalue weighted by molar-refractivity contribution is 7.13. The van der Waals surface area contributed by atoms with Crippen molar-refractivity contribution in [3.05, 3.63) is 52.3 Å². The van der Waals surface area contributed by atoms with Gasteiger partial charge in [0.25, 0.3) is 0 Å². The van der Waals surface area contributed by atoms with Crippen LogP contribution in [0.25, 0.3) is 21.5 Å². The highest BCUT2D eigenvalue weighted by Gasteiger charge is 2.07. The Morgan fingerprint density at radius 2 is 2.00 bits per heavy atom. The minimum Gasteiger partial charge on any atom is -0.305 e. The number of nitrogens with zero attached hydrogens (tertiary/aromatic N) is 1. The Labute approximate surface area is 95.4 Å². The van der Waals surface area contributed by atoms with Crippen LogP contribution in [0.3, 0.4) is 0 Å². The Morgan fingerprint density at radius 3 is 2.81 bits per heavy atom. The van der Waals surface area contributed by atoms with Gasteiger partial charge < -0.3 is 4.98 Å². The van der Waals surface area contributed by atoms with Crippen LogP contribution < -0.4 is 5.69 Å². The minimum atomic E-state index is -0.304. The number of hydrogen-bond donors (Lipinski definition) is 1. The van der Waals surface area contributed by atoms with Crippen LogP contribution in [0.5, 0.6) is 0 Å². The fraction of sp³-hybridized carbons (Fsp3) is 0. The Kier molecular flexibility index (Phi) is 2.08. The van der Waals surface area contributed by atoms with Crippen molar-refractivity contribution in [1.29, 1.82) is 0 Å². The van der Waals surface area contributed by atoms with Gasteiger partial charge in [0.2, 0.25) is 0 Å². The first kappa shape index (κ1) is 9.30. The molecule has 3 rings (SSSR count). The molecule has 0 spiro atoms. The largest absolute Gasteiger partial charge is 0.346 e. The second-order valence-electron chi connectivity index (χ2n) is 3.41. The monoisotopic (exact) mass is 228 g/mol. The van der Waals surface area contributed by atoms with Gasteiger partial charge in [0.05, 0.1) is 16.1 Å². The molecule has 0 amide bonds. The average Bonchev–Trinajstić information content (AvgIpc) is 2.81. The van der Waals surface area contributed by atoms with Gasteiger partial charge >= 0.3 is 5.69 Å². The van der Waals surface area contributed by atoms with Gasteiger partial charge in [0.15, 0.2) is 0 Å². The van der Waals surface area contributed by atoms with Crippen LogP contribution in [0.1, 0.15) is 0 Å². The summed E-state index contributed by atoms with van der Waals surface area (Å²) in [5.74, 6) is 0. The molecule has 1 N–H and O–H groups in total. The smallest absolute Gasteiger partial charge is 0.305 e. The lowest BCUT2D eigenvalue weighted by Gasteiger charge is -2.01. The van der Waals surface area contributed by atoms with Gasteiger partial charge in [-0.15, -0.1) is 11.3 Å². The second-order valence-corrected chi connectivity index (χ2v) is 4.36. The molecule has 0 atom stereocenters. The number of H-pyrrole nitrogens is 1. The van der Waals surface area contributed by atoms with Crippen molar-refractivity contribution in [1.82, 2.24) is 9.97 Å². The maximum atomic E-state index is 11.4. The molecule has 0 unspecified atom stereocenters. The second kappa shape index (κ2) is 3.57. The van der Waals surface area contributed by atoms with Crippen LogP contribution in [0.15, 0.2) is 46.6 Å². The molecule has 0 radical (unpaired) electrons. The zero-order chi connectivity index (χ0) is 11.0. The molecule has 0 saturated carbocycles. The molecule has 4 heteroatoms. The van der Waals surface area contributed by atoms with E-state index < -0.39 is 0 Å². The Morgan fingerprint density at radius 1 is 1.12 bits per heavy atom. The Bertz CT molecular complexity index is 686. The Hall–Kier alpha value is -1.94. The summed E-state index contributed by atoms with van der Waals surface area (Å²) in [6, 6.07) is 11.6. The SMILES string of the molecule is O=c1nc(-c2cccs2)c2ccccc2[nH]1. The lowest BCUT2D eigenvalue weighted by molar-refractivity contribution is 1.13. The number of para-hydroxylation sites is 1. The molecule has 2 aromatic heterocycles. The quantitative estimate of drug-likeness (QED) is 0.696. The Balaban J connectivity index is 2.44. The number of thiophene rings is 1. The van der Waals surface area contributed by atoms with Crippen LogP contribution in [-0.2, 0) is 0 Å². The number of rotatable bonds is 1. The van der Waals surface area contributed by atoms with Gasteiger partial charge in [0, 0.05) is 5.39 Å². The molecule has 0 fully saturated rings. The lowest BCUT2D eigenvalue weighted by atomic mass is 10.1. The summed E-state index contributed by atoms with van der Waals surface area (Å²) in [7, 11) is 0. The van der Waals surface area contributed by atoms with E-state index in [9.17, 15) is 4.79 Å². The lowest BCUT2D eigenvalue weighted by Crippen LogP contribution is -2.10. The van der Waals surface area contributed by atoms with Crippen LogP contribution in [0.2, 0.25) is 0 Å². The number of benzene rings is 1. The van der Waals surface area contributed by atoms with Gasteiger partial charge in [0.1, 0.15) is 0 Å². The molecule has 0 aliphatic rings. The van der Waals surface area contributed by atoms with Crippen molar-refractivity contribution in [2.45, 2.75) is 0 Å². The summed E-state index contributed by atoms with van der Waals surface area (Å²) in [6.45, 7) is 0.